The van der Waals surface area contributed by atoms with Gasteiger partial charge in [0, 0.05) is 20.2 Å². The molecule has 132 valence electrons. The van der Waals surface area contributed by atoms with Crippen molar-refractivity contribution in [1.29, 1.82) is 0 Å². The normalized spacial score (nSPS) is 11.6. The summed E-state index contributed by atoms with van der Waals surface area (Å²) in [4.78, 5) is 4.61. The minimum atomic E-state index is -0.231. The van der Waals surface area contributed by atoms with E-state index in [4.69, 9.17) is 9.47 Å². The second-order valence-corrected chi connectivity index (χ2v) is 5.59. The van der Waals surface area contributed by atoms with Gasteiger partial charge in [-0.05, 0) is 45.4 Å². The summed E-state index contributed by atoms with van der Waals surface area (Å²) in [5.74, 6) is 1.67. The van der Waals surface area contributed by atoms with Gasteiger partial charge in [0.25, 0.3) is 0 Å². The number of benzene rings is 1. The number of aliphatic imine (C=N–C) groups is 1. The standard InChI is InChI=1S/C17H29N3O2.HI/c1-6-18-16(20-13-17(3,4)21-5)19-12-14-9-8-10-15(11-14)22-7-2;/h8-11H,6-7,12-13H2,1-5H3,(H2,18,19,20);1H. The SMILES string of the molecule is CCNC(=NCc1cccc(OCC)c1)NCC(C)(C)OC.I. The van der Waals surface area contributed by atoms with Gasteiger partial charge in [0.15, 0.2) is 5.96 Å². The molecule has 0 fully saturated rings. The zero-order valence-electron chi connectivity index (χ0n) is 14.8. The summed E-state index contributed by atoms with van der Waals surface area (Å²) in [6.07, 6.45) is 0. The van der Waals surface area contributed by atoms with Gasteiger partial charge in [0.05, 0.1) is 18.8 Å². The largest absolute Gasteiger partial charge is 0.494 e. The Hall–Kier alpha value is -1.02. The minimum Gasteiger partial charge on any atom is -0.494 e. The Morgan fingerprint density at radius 1 is 1.22 bits per heavy atom. The highest BCUT2D eigenvalue weighted by atomic mass is 127. The highest BCUT2D eigenvalue weighted by Crippen LogP contribution is 2.14. The summed E-state index contributed by atoms with van der Waals surface area (Å²) in [6.45, 7) is 10.9. The maximum absolute atomic E-state index is 5.51. The Bertz CT molecular complexity index is 479. The molecule has 0 spiro atoms. The van der Waals surface area contributed by atoms with Crippen LogP contribution < -0.4 is 15.4 Å². The van der Waals surface area contributed by atoms with E-state index in [1.165, 1.54) is 0 Å². The lowest BCUT2D eigenvalue weighted by Crippen LogP contribution is -2.45. The van der Waals surface area contributed by atoms with E-state index in [1.54, 1.807) is 7.11 Å². The van der Waals surface area contributed by atoms with E-state index in [0.717, 1.165) is 23.8 Å². The summed E-state index contributed by atoms with van der Waals surface area (Å²) in [7, 11) is 1.71. The Kier molecular flexibility index (Phi) is 11.0. The molecule has 0 aliphatic rings. The fourth-order valence-electron chi connectivity index (χ4n) is 1.78. The third kappa shape index (κ3) is 9.00. The van der Waals surface area contributed by atoms with E-state index in [2.05, 4.69) is 21.7 Å². The molecule has 0 saturated heterocycles. The highest BCUT2D eigenvalue weighted by Gasteiger charge is 2.16. The molecule has 0 saturated carbocycles. The topological polar surface area (TPSA) is 54.9 Å². The van der Waals surface area contributed by atoms with Gasteiger partial charge in [-0.25, -0.2) is 4.99 Å². The molecule has 23 heavy (non-hydrogen) atoms. The lowest BCUT2D eigenvalue weighted by Gasteiger charge is -2.24. The van der Waals surface area contributed by atoms with Crippen LogP contribution in [-0.2, 0) is 11.3 Å². The van der Waals surface area contributed by atoms with Crippen LogP contribution in [0.4, 0.5) is 0 Å². The van der Waals surface area contributed by atoms with Crippen LogP contribution in [0.15, 0.2) is 29.3 Å². The molecule has 1 aromatic rings. The van der Waals surface area contributed by atoms with Crippen LogP contribution >= 0.6 is 24.0 Å². The van der Waals surface area contributed by atoms with Crippen LogP contribution in [-0.4, -0.2) is 38.4 Å². The molecule has 0 aliphatic heterocycles. The minimum absolute atomic E-state index is 0. The van der Waals surface area contributed by atoms with Crippen molar-refractivity contribution in [3.63, 3.8) is 0 Å². The molecule has 1 aromatic carbocycles. The summed E-state index contributed by atoms with van der Waals surface area (Å²) >= 11 is 0. The summed E-state index contributed by atoms with van der Waals surface area (Å²) in [6, 6.07) is 8.02. The van der Waals surface area contributed by atoms with E-state index in [9.17, 15) is 0 Å². The summed E-state index contributed by atoms with van der Waals surface area (Å²) < 4.78 is 10.9. The molecule has 0 atom stereocenters. The first-order valence-corrected chi connectivity index (χ1v) is 7.79. The van der Waals surface area contributed by atoms with Crippen LogP contribution in [0, 0.1) is 0 Å². The number of hydrogen-bond donors (Lipinski definition) is 2. The molecular weight excluding hydrogens is 405 g/mol. The smallest absolute Gasteiger partial charge is 0.191 e. The Labute approximate surface area is 157 Å². The molecule has 0 aliphatic carbocycles. The fourth-order valence-corrected chi connectivity index (χ4v) is 1.78. The predicted octanol–water partition coefficient (Wildman–Crippen LogP) is 3.18. The van der Waals surface area contributed by atoms with Gasteiger partial charge >= 0.3 is 0 Å². The van der Waals surface area contributed by atoms with E-state index < -0.39 is 0 Å². The molecule has 0 bridgehead atoms. The zero-order valence-corrected chi connectivity index (χ0v) is 17.1. The third-order valence-electron chi connectivity index (χ3n) is 3.21. The number of halogens is 1. The number of nitrogens with one attached hydrogen (secondary N) is 2. The maximum Gasteiger partial charge on any atom is 0.191 e. The van der Waals surface area contributed by atoms with Crippen LogP contribution in [0.5, 0.6) is 5.75 Å². The highest BCUT2D eigenvalue weighted by molar-refractivity contribution is 14.0. The first kappa shape index (κ1) is 22.0. The van der Waals surface area contributed by atoms with Gasteiger partial charge in [-0.1, -0.05) is 12.1 Å². The Balaban J connectivity index is 0.00000484. The number of nitrogens with zero attached hydrogens (tertiary/aromatic N) is 1. The first-order chi connectivity index (χ1) is 10.5. The molecular formula is C17H30IN3O2. The third-order valence-corrected chi connectivity index (χ3v) is 3.21. The van der Waals surface area contributed by atoms with E-state index >= 15 is 0 Å². The average Bonchev–Trinajstić information content (AvgIpc) is 2.51. The maximum atomic E-state index is 5.51. The van der Waals surface area contributed by atoms with Gasteiger partial charge in [-0.3, -0.25) is 0 Å². The molecule has 1 rings (SSSR count). The van der Waals surface area contributed by atoms with Crippen molar-refractivity contribution in [1.82, 2.24) is 10.6 Å². The fraction of sp³-hybridized carbons (Fsp3) is 0.588. The number of hydrogen-bond acceptors (Lipinski definition) is 3. The molecule has 0 radical (unpaired) electrons. The van der Waals surface area contributed by atoms with Gasteiger partial charge < -0.3 is 20.1 Å². The van der Waals surface area contributed by atoms with Crippen molar-refractivity contribution in [2.75, 3.05) is 26.8 Å². The van der Waals surface area contributed by atoms with Crippen LogP contribution in [0.3, 0.4) is 0 Å². The molecule has 0 heterocycles. The molecule has 6 heteroatoms. The van der Waals surface area contributed by atoms with E-state index in [-0.39, 0.29) is 29.6 Å². The van der Waals surface area contributed by atoms with E-state index in [1.807, 2.05) is 45.9 Å². The predicted molar refractivity (Wildman–Crippen MR) is 107 cm³/mol. The van der Waals surface area contributed by atoms with Crippen molar-refractivity contribution < 1.29 is 9.47 Å². The van der Waals surface area contributed by atoms with Crippen molar-refractivity contribution in [3.05, 3.63) is 29.8 Å². The molecule has 2 N–H and O–H groups in total. The molecule has 0 aromatic heterocycles. The van der Waals surface area contributed by atoms with Crippen molar-refractivity contribution in [2.24, 2.45) is 4.99 Å². The Morgan fingerprint density at radius 2 is 1.96 bits per heavy atom. The zero-order chi connectivity index (χ0) is 16.4. The van der Waals surface area contributed by atoms with Crippen molar-refractivity contribution in [2.45, 2.75) is 39.8 Å². The van der Waals surface area contributed by atoms with Crippen LogP contribution in [0.1, 0.15) is 33.3 Å². The van der Waals surface area contributed by atoms with Gasteiger partial charge in [-0.15, -0.1) is 24.0 Å². The lowest BCUT2D eigenvalue weighted by molar-refractivity contribution is 0.0268. The molecule has 0 amide bonds. The van der Waals surface area contributed by atoms with Gasteiger partial charge in [0.1, 0.15) is 5.75 Å². The van der Waals surface area contributed by atoms with Gasteiger partial charge in [0.2, 0.25) is 0 Å². The molecule has 0 unspecified atom stereocenters. The van der Waals surface area contributed by atoms with Crippen molar-refractivity contribution in [3.8, 4) is 5.75 Å². The molecule has 5 nitrogen and oxygen atoms in total. The summed E-state index contributed by atoms with van der Waals surface area (Å²) in [5, 5.41) is 6.55. The monoisotopic (exact) mass is 435 g/mol. The second-order valence-electron chi connectivity index (χ2n) is 5.59. The quantitative estimate of drug-likeness (QED) is 0.374. The second kappa shape index (κ2) is 11.5. The lowest BCUT2D eigenvalue weighted by atomic mass is 10.1. The summed E-state index contributed by atoms with van der Waals surface area (Å²) in [5.41, 5.74) is 0.889. The number of ether oxygens (including phenoxy) is 2. The number of rotatable bonds is 8. The van der Waals surface area contributed by atoms with Crippen LogP contribution in [0.25, 0.3) is 0 Å². The van der Waals surface area contributed by atoms with Crippen molar-refractivity contribution >= 4 is 29.9 Å². The first-order valence-electron chi connectivity index (χ1n) is 7.79. The van der Waals surface area contributed by atoms with Gasteiger partial charge in [-0.2, -0.15) is 0 Å². The number of methoxy groups -OCH3 is 1. The average molecular weight is 435 g/mol. The Morgan fingerprint density at radius 3 is 2.57 bits per heavy atom. The number of guanidine groups is 1. The van der Waals surface area contributed by atoms with E-state index in [0.29, 0.717) is 19.7 Å². The van der Waals surface area contributed by atoms with Crippen LogP contribution in [0.2, 0.25) is 0 Å².